The molecule has 1 heterocycles. The van der Waals surface area contributed by atoms with Gasteiger partial charge in [-0.05, 0) is 38.3 Å². The molecule has 5 heteroatoms. The zero-order chi connectivity index (χ0) is 13.8. The molecule has 1 aromatic rings. The maximum atomic E-state index is 11.9. The number of aromatic nitrogens is 1. The third-order valence-electron chi connectivity index (χ3n) is 3.54. The minimum atomic E-state index is -0.796. The first-order valence-corrected chi connectivity index (χ1v) is 6.49. The van der Waals surface area contributed by atoms with Gasteiger partial charge in [0.2, 0.25) is 5.91 Å². The molecule has 2 rings (SSSR count). The number of carboxylic acid groups (broad SMARTS) is 1. The fourth-order valence-corrected chi connectivity index (χ4v) is 2.46. The van der Waals surface area contributed by atoms with Crippen molar-refractivity contribution in [3.05, 3.63) is 29.6 Å². The number of aliphatic carboxylic acids is 1. The molecule has 1 amide bonds. The maximum absolute atomic E-state index is 11.9. The lowest BCUT2D eigenvalue weighted by Gasteiger charge is -2.10. The van der Waals surface area contributed by atoms with Crippen molar-refractivity contribution in [1.82, 2.24) is 10.3 Å². The van der Waals surface area contributed by atoms with Crippen LogP contribution < -0.4 is 5.32 Å². The van der Waals surface area contributed by atoms with Gasteiger partial charge < -0.3 is 10.4 Å². The molecular weight excluding hydrogens is 244 g/mol. The van der Waals surface area contributed by atoms with Crippen LogP contribution in [0.15, 0.2) is 18.2 Å². The highest BCUT2D eigenvalue weighted by Crippen LogP contribution is 2.31. The Morgan fingerprint density at radius 2 is 2.11 bits per heavy atom. The summed E-state index contributed by atoms with van der Waals surface area (Å²) in [6, 6.07) is 5.67. The molecule has 2 unspecified atom stereocenters. The second-order valence-corrected chi connectivity index (χ2v) is 5.03. The van der Waals surface area contributed by atoms with Crippen LogP contribution in [0.2, 0.25) is 0 Å². The summed E-state index contributed by atoms with van der Waals surface area (Å²) in [5.74, 6) is -1.40. The molecule has 1 fully saturated rings. The van der Waals surface area contributed by atoms with Crippen LogP contribution in [0.25, 0.3) is 0 Å². The number of pyridine rings is 1. The molecule has 2 N–H and O–H groups in total. The Morgan fingerprint density at radius 3 is 2.74 bits per heavy atom. The SMILES string of the molecule is Cc1cccc(CNC(=O)C2CCC(C(=O)O)C2)n1. The van der Waals surface area contributed by atoms with Gasteiger partial charge in [-0.2, -0.15) is 0 Å². The molecule has 5 nitrogen and oxygen atoms in total. The highest BCUT2D eigenvalue weighted by atomic mass is 16.4. The summed E-state index contributed by atoms with van der Waals surface area (Å²) in [6.45, 7) is 2.30. The first-order valence-electron chi connectivity index (χ1n) is 6.49. The highest BCUT2D eigenvalue weighted by Gasteiger charge is 2.33. The molecule has 0 bridgehead atoms. The molecule has 0 spiro atoms. The van der Waals surface area contributed by atoms with Gasteiger partial charge in [-0.25, -0.2) is 0 Å². The molecule has 0 aliphatic heterocycles. The smallest absolute Gasteiger partial charge is 0.306 e. The standard InChI is InChI=1S/C14H18N2O3/c1-9-3-2-4-12(16-9)8-15-13(17)10-5-6-11(7-10)14(18)19/h2-4,10-11H,5-8H2,1H3,(H,15,17)(H,18,19). The monoisotopic (exact) mass is 262 g/mol. The fraction of sp³-hybridized carbons (Fsp3) is 0.500. The van der Waals surface area contributed by atoms with Crippen molar-refractivity contribution in [2.24, 2.45) is 11.8 Å². The summed E-state index contributed by atoms with van der Waals surface area (Å²) < 4.78 is 0. The first kappa shape index (κ1) is 13.5. The van der Waals surface area contributed by atoms with E-state index in [0.29, 0.717) is 25.8 Å². The van der Waals surface area contributed by atoms with E-state index in [2.05, 4.69) is 10.3 Å². The van der Waals surface area contributed by atoms with E-state index in [1.54, 1.807) is 0 Å². The van der Waals surface area contributed by atoms with E-state index in [1.165, 1.54) is 0 Å². The Kier molecular flexibility index (Phi) is 4.14. The summed E-state index contributed by atoms with van der Waals surface area (Å²) in [7, 11) is 0. The Balaban J connectivity index is 1.84. The van der Waals surface area contributed by atoms with Crippen LogP contribution >= 0.6 is 0 Å². The van der Waals surface area contributed by atoms with Crippen molar-refractivity contribution >= 4 is 11.9 Å². The number of hydrogen-bond donors (Lipinski definition) is 2. The third kappa shape index (κ3) is 3.53. The molecule has 1 aromatic heterocycles. The highest BCUT2D eigenvalue weighted by molar-refractivity contribution is 5.80. The number of carbonyl (C=O) groups excluding carboxylic acids is 1. The second kappa shape index (κ2) is 5.82. The van der Waals surface area contributed by atoms with Gasteiger partial charge in [-0.1, -0.05) is 6.07 Å². The number of carbonyl (C=O) groups is 2. The number of carboxylic acids is 1. The topological polar surface area (TPSA) is 79.3 Å². The molecule has 1 aliphatic rings. The quantitative estimate of drug-likeness (QED) is 0.862. The molecule has 0 aromatic carbocycles. The Hall–Kier alpha value is -1.91. The number of rotatable bonds is 4. The predicted octanol–water partition coefficient (Wildman–Crippen LogP) is 1.51. The van der Waals surface area contributed by atoms with Gasteiger partial charge in [0.1, 0.15) is 0 Å². The summed E-state index contributed by atoms with van der Waals surface area (Å²) in [4.78, 5) is 27.1. The molecule has 2 atom stereocenters. The van der Waals surface area contributed by atoms with Gasteiger partial charge in [0.25, 0.3) is 0 Å². The molecule has 19 heavy (non-hydrogen) atoms. The van der Waals surface area contributed by atoms with E-state index >= 15 is 0 Å². The number of hydrogen-bond acceptors (Lipinski definition) is 3. The van der Waals surface area contributed by atoms with E-state index < -0.39 is 5.97 Å². The molecule has 0 radical (unpaired) electrons. The summed E-state index contributed by atoms with van der Waals surface area (Å²) in [6.07, 6.45) is 1.70. The molecular formula is C14H18N2O3. The van der Waals surface area contributed by atoms with Crippen molar-refractivity contribution in [2.75, 3.05) is 0 Å². The van der Waals surface area contributed by atoms with Crippen LogP contribution in [0.1, 0.15) is 30.7 Å². The lowest BCUT2D eigenvalue weighted by Crippen LogP contribution is -2.29. The Bertz CT molecular complexity index is 487. The van der Waals surface area contributed by atoms with Crippen LogP contribution in [-0.2, 0) is 16.1 Å². The van der Waals surface area contributed by atoms with E-state index in [0.717, 1.165) is 11.4 Å². The summed E-state index contributed by atoms with van der Waals surface area (Å²) >= 11 is 0. The first-order chi connectivity index (χ1) is 9.06. The Labute approximate surface area is 112 Å². The number of nitrogens with zero attached hydrogens (tertiary/aromatic N) is 1. The van der Waals surface area contributed by atoms with Gasteiger partial charge in [-0.3, -0.25) is 14.6 Å². The van der Waals surface area contributed by atoms with Crippen LogP contribution in [-0.4, -0.2) is 22.0 Å². The van der Waals surface area contributed by atoms with Crippen molar-refractivity contribution in [2.45, 2.75) is 32.7 Å². The molecule has 1 aliphatic carbocycles. The van der Waals surface area contributed by atoms with E-state index in [9.17, 15) is 9.59 Å². The molecule has 102 valence electrons. The predicted molar refractivity (Wildman–Crippen MR) is 69.3 cm³/mol. The van der Waals surface area contributed by atoms with Gasteiger partial charge in [0.15, 0.2) is 0 Å². The zero-order valence-corrected chi connectivity index (χ0v) is 10.9. The van der Waals surface area contributed by atoms with Crippen molar-refractivity contribution < 1.29 is 14.7 Å². The normalized spacial score (nSPS) is 22.2. The molecule has 1 saturated carbocycles. The van der Waals surface area contributed by atoms with Gasteiger partial charge in [-0.15, -0.1) is 0 Å². The van der Waals surface area contributed by atoms with Crippen molar-refractivity contribution in [3.63, 3.8) is 0 Å². The number of amides is 1. The lowest BCUT2D eigenvalue weighted by molar-refractivity contribution is -0.141. The van der Waals surface area contributed by atoms with Crippen molar-refractivity contribution in [3.8, 4) is 0 Å². The van der Waals surface area contributed by atoms with Crippen LogP contribution in [0.4, 0.5) is 0 Å². The summed E-state index contributed by atoms with van der Waals surface area (Å²) in [5.41, 5.74) is 1.74. The van der Waals surface area contributed by atoms with Gasteiger partial charge in [0, 0.05) is 11.6 Å². The van der Waals surface area contributed by atoms with Crippen LogP contribution in [0.5, 0.6) is 0 Å². The fourth-order valence-electron chi connectivity index (χ4n) is 2.46. The van der Waals surface area contributed by atoms with Gasteiger partial charge in [0.05, 0.1) is 18.2 Å². The van der Waals surface area contributed by atoms with Crippen LogP contribution in [0.3, 0.4) is 0 Å². The maximum Gasteiger partial charge on any atom is 0.306 e. The largest absolute Gasteiger partial charge is 0.481 e. The van der Waals surface area contributed by atoms with E-state index in [4.69, 9.17) is 5.11 Å². The third-order valence-corrected chi connectivity index (χ3v) is 3.54. The summed E-state index contributed by atoms with van der Waals surface area (Å²) in [5, 5.41) is 11.7. The van der Waals surface area contributed by atoms with E-state index in [1.807, 2.05) is 25.1 Å². The average molecular weight is 262 g/mol. The van der Waals surface area contributed by atoms with Crippen LogP contribution in [0, 0.1) is 18.8 Å². The average Bonchev–Trinajstić information content (AvgIpc) is 2.86. The molecule has 0 saturated heterocycles. The minimum Gasteiger partial charge on any atom is -0.481 e. The second-order valence-electron chi connectivity index (χ2n) is 5.03. The number of nitrogens with one attached hydrogen (secondary N) is 1. The minimum absolute atomic E-state index is 0.0629. The zero-order valence-electron chi connectivity index (χ0n) is 10.9. The lowest BCUT2D eigenvalue weighted by atomic mass is 10.0. The number of aryl methyl sites for hydroxylation is 1. The van der Waals surface area contributed by atoms with Crippen molar-refractivity contribution in [1.29, 1.82) is 0 Å². The van der Waals surface area contributed by atoms with Gasteiger partial charge >= 0.3 is 5.97 Å². The Morgan fingerprint density at radius 1 is 1.37 bits per heavy atom. The van der Waals surface area contributed by atoms with E-state index in [-0.39, 0.29) is 17.7 Å².